The van der Waals surface area contributed by atoms with Crippen molar-refractivity contribution in [1.82, 2.24) is 10.3 Å². The number of rotatable bonds is 4. The van der Waals surface area contributed by atoms with E-state index in [1.54, 1.807) is 6.20 Å². The Kier molecular flexibility index (Phi) is 3.52. The minimum atomic E-state index is 0.158. The zero-order valence-electron chi connectivity index (χ0n) is 11.8. The molecule has 3 heteroatoms. The molecule has 1 N–H and O–H groups in total. The molecule has 0 aliphatic carbocycles. The van der Waals surface area contributed by atoms with Crippen LogP contribution >= 0.6 is 0 Å². The first-order valence-corrected chi connectivity index (χ1v) is 6.83. The summed E-state index contributed by atoms with van der Waals surface area (Å²) in [7, 11) is 1.96. The van der Waals surface area contributed by atoms with Gasteiger partial charge in [0.2, 0.25) is 0 Å². The quantitative estimate of drug-likeness (QED) is 0.783. The number of nitrogens with zero attached hydrogens (tertiary/aromatic N) is 1. The fraction of sp³-hybridized carbons (Fsp3) is 0.235. The third-order valence-corrected chi connectivity index (χ3v) is 3.61. The molecule has 0 fully saturated rings. The number of pyridine rings is 1. The third kappa shape index (κ3) is 2.45. The second-order valence-corrected chi connectivity index (χ2v) is 5.05. The number of hydrogen-bond donors (Lipinski definition) is 1. The minimum Gasteiger partial charge on any atom is -0.459 e. The highest BCUT2D eigenvalue weighted by Gasteiger charge is 2.16. The molecule has 20 heavy (non-hydrogen) atoms. The fourth-order valence-electron chi connectivity index (χ4n) is 2.50. The average Bonchev–Trinajstić information content (AvgIpc) is 2.91. The van der Waals surface area contributed by atoms with Crippen LogP contribution in [0.1, 0.15) is 22.9 Å². The molecule has 0 bridgehead atoms. The van der Waals surface area contributed by atoms with Gasteiger partial charge in [-0.15, -0.1) is 0 Å². The van der Waals surface area contributed by atoms with Crippen LogP contribution in [0.4, 0.5) is 0 Å². The van der Waals surface area contributed by atoms with E-state index < -0.39 is 0 Å². The molecular formula is C17H18N2O. The van der Waals surface area contributed by atoms with Gasteiger partial charge in [0.05, 0.1) is 6.04 Å². The molecular weight excluding hydrogens is 248 g/mol. The summed E-state index contributed by atoms with van der Waals surface area (Å²) in [4.78, 5) is 4.16. The molecule has 0 aliphatic heterocycles. The smallest absolute Gasteiger partial charge is 0.137 e. The van der Waals surface area contributed by atoms with Crippen molar-refractivity contribution < 1.29 is 4.42 Å². The topological polar surface area (TPSA) is 38.1 Å². The Morgan fingerprint density at radius 1 is 1.25 bits per heavy atom. The number of nitrogens with one attached hydrogen (secondary N) is 1. The summed E-state index contributed by atoms with van der Waals surface area (Å²) >= 11 is 0. The number of benzene rings is 1. The van der Waals surface area contributed by atoms with Gasteiger partial charge in [0.25, 0.3) is 0 Å². The van der Waals surface area contributed by atoms with Gasteiger partial charge in [-0.05, 0) is 43.7 Å². The van der Waals surface area contributed by atoms with Crippen molar-refractivity contribution >= 4 is 11.0 Å². The lowest BCUT2D eigenvalue weighted by molar-refractivity contribution is 0.450. The van der Waals surface area contributed by atoms with Gasteiger partial charge in [0.15, 0.2) is 0 Å². The van der Waals surface area contributed by atoms with E-state index in [1.807, 2.05) is 19.3 Å². The molecule has 2 aromatic heterocycles. The Hall–Kier alpha value is -2.13. The molecule has 0 aliphatic rings. The highest BCUT2D eigenvalue weighted by Crippen LogP contribution is 2.27. The van der Waals surface area contributed by atoms with Gasteiger partial charge in [-0.3, -0.25) is 4.98 Å². The molecule has 2 heterocycles. The molecule has 1 aromatic carbocycles. The Bertz CT molecular complexity index is 703. The van der Waals surface area contributed by atoms with Crippen molar-refractivity contribution in [2.45, 2.75) is 19.4 Å². The van der Waals surface area contributed by atoms with Gasteiger partial charge in [-0.2, -0.15) is 0 Å². The van der Waals surface area contributed by atoms with Gasteiger partial charge in [-0.25, -0.2) is 0 Å². The lowest BCUT2D eigenvalue weighted by atomic mass is 10.1. The normalized spacial score (nSPS) is 12.7. The van der Waals surface area contributed by atoms with Crippen LogP contribution in [0.15, 0.2) is 53.2 Å². The Morgan fingerprint density at radius 2 is 2.15 bits per heavy atom. The predicted molar refractivity (Wildman–Crippen MR) is 80.7 cm³/mol. The van der Waals surface area contributed by atoms with Crippen molar-refractivity contribution in [1.29, 1.82) is 0 Å². The maximum absolute atomic E-state index is 6.04. The zero-order valence-corrected chi connectivity index (χ0v) is 11.8. The van der Waals surface area contributed by atoms with E-state index in [1.165, 1.54) is 11.1 Å². The number of fused-ring (bicyclic) bond motifs is 1. The second-order valence-electron chi connectivity index (χ2n) is 5.05. The van der Waals surface area contributed by atoms with Crippen molar-refractivity contribution in [3.8, 4) is 0 Å². The Morgan fingerprint density at radius 3 is 2.85 bits per heavy atom. The first kappa shape index (κ1) is 12.9. The van der Waals surface area contributed by atoms with Crippen LogP contribution in [0.5, 0.6) is 0 Å². The van der Waals surface area contributed by atoms with Crippen LogP contribution in [-0.2, 0) is 6.42 Å². The highest BCUT2D eigenvalue weighted by atomic mass is 16.3. The summed E-state index contributed by atoms with van der Waals surface area (Å²) in [5.74, 6) is 0.973. The number of aryl methyl sites for hydroxylation is 1. The number of likely N-dealkylation sites (N-methyl/N-ethyl adjacent to an activating group) is 1. The summed E-state index contributed by atoms with van der Waals surface area (Å²) in [5, 5.41) is 4.48. The average molecular weight is 266 g/mol. The van der Waals surface area contributed by atoms with Gasteiger partial charge in [0, 0.05) is 17.8 Å². The molecule has 0 radical (unpaired) electrons. The van der Waals surface area contributed by atoms with E-state index in [2.05, 4.69) is 47.6 Å². The van der Waals surface area contributed by atoms with Crippen molar-refractivity contribution in [2.75, 3.05) is 7.05 Å². The summed E-state index contributed by atoms with van der Waals surface area (Å²) < 4.78 is 6.04. The van der Waals surface area contributed by atoms with Crippen molar-refractivity contribution in [2.24, 2.45) is 0 Å². The first-order valence-electron chi connectivity index (χ1n) is 6.83. The summed E-state index contributed by atoms with van der Waals surface area (Å²) in [5.41, 5.74) is 3.35. The van der Waals surface area contributed by atoms with Crippen LogP contribution < -0.4 is 5.32 Å². The number of aromatic nitrogens is 1. The minimum absolute atomic E-state index is 0.158. The Labute approximate surface area is 118 Å². The second kappa shape index (κ2) is 5.47. The molecule has 1 unspecified atom stereocenters. The number of furan rings is 1. The zero-order chi connectivity index (χ0) is 13.9. The molecule has 3 rings (SSSR count). The van der Waals surface area contributed by atoms with E-state index in [0.717, 1.165) is 23.2 Å². The van der Waals surface area contributed by atoms with E-state index >= 15 is 0 Å². The van der Waals surface area contributed by atoms with E-state index in [0.29, 0.717) is 0 Å². The highest BCUT2D eigenvalue weighted by molar-refractivity contribution is 5.81. The van der Waals surface area contributed by atoms with Crippen LogP contribution in [0.25, 0.3) is 11.0 Å². The third-order valence-electron chi connectivity index (χ3n) is 3.61. The lowest BCUT2D eigenvalue weighted by Gasteiger charge is -2.13. The van der Waals surface area contributed by atoms with E-state index in [-0.39, 0.29) is 6.04 Å². The standard InChI is InChI=1S/C17H18N2O/c1-12-5-3-7-14-10-16(20-17(12)14)15(18-2)9-13-6-4-8-19-11-13/h3-8,10-11,15,18H,9H2,1-2H3. The maximum atomic E-state index is 6.04. The van der Waals surface area contributed by atoms with Crippen LogP contribution in [-0.4, -0.2) is 12.0 Å². The van der Waals surface area contributed by atoms with Crippen molar-refractivity contribution in [3.05, 3.63) is 65.7 Å². The van der Waals surface area contributed by atoms with E-state index in [9.17, 15) is 0 Å². The predicted octanol–water partition coefficient (Wildman–Crippen LogP) is 3.64. The molecule has 3 nitrogen and oxygen atoms in total. The molecule has 0 amide bonds. The van der Waals surface area contributed by atoms with Crippen LogP contribution in [0.3, 0.4) is 0 Å². The molecule has 3 aromatic rings. The maximum Gasteiger partial charge on any atom is 0.137 e. The monoisotopic (exact) mass is 266 g/mol. The molecule has 0 spiro atoms. The molecule has 0 saturated carbocycles. The molecule has 1 atom stereocenters. The van der Waals surface area contributed by atoms with Crippen LogP contribution in [0, 0.1) is 6.92 Å². The lowest BCUT2D eigenvalue weighted by Crippen LogP contribution is -2.18. The summed E-state index contributed by atoms with van der Waals surface area (Å²) in [6, 6.07) is 12.6. The molecule has 0 saturated heterocycles. The number of hydrogen-bond acceptors (Lipinski definition) is 3. The first-order chi connectivity index (χ1) is 9.78. The van der Waals surface area contributed by atoms with Gasteiger partial charge in [-0.1, -0.05) is 24.3 Å². The van der Waals surface area contributed by atoms with Gasteiger partial charge < -0.3 is 9.73 Å². The van der Waals surface area contributed by atoms with Crippen molar-refractivity contribution in [3.63, 3.8) is 0 Å². The summed E-state index contributed by atoms with van der Waals surface area (Å²) in [6.45, 7) is 2.07. The Balaban J connectivity index is 1.93. The number of para-hydroxylation sites is 1. The largest absolute Gasteiger partial charge is 0.459 e. The fourth-order valence-corrected chi connectivity index (χ4v) is 2.50. The SMILES string of the molecule is CNC(Cc1cccnc1)c1cc2cccc(C)c2o1. The van der Waals surface area contributed by atoms with E-state index in [4.69, 9.17) is 4.42 Å². The van der Waals surface area contributed by atoms with Gasteiger partial charge >= 0.3 is 0 Å². The van der Waals surface area contributed by atoms with Gasteiger partial charge in [0.1, 0.15) is 11.3 Å². The van der Waals surface area contributed by atoms with Crippen LogP contribution in [0.2, 0.25) is 0 Å². The summed E-state index contributed by atoms with van der Waals surface area (Å²) in [6.07, 6.45) is 4.56. The molecule has 102 valence electrons.